The van der Waals surface area contributed by atoms with Gasteiger partial charge in [0.1, 0.15) is 12.0 Å². The van der Waals surface area contributed by atoms with Gasteiger partial charge in [-0.1, -0.05) is 18.2 Å². The summed E-state index contributed by atoms with van der Waals surface area (Å²) >= 11 is 0. The van der Waals surface area contributed by atoms with Crippen molar-refractivity contribution in [2.24, 2.45) is 0 Å². The molecule has 1 N–H and O–H groups in total. The van der Waals surface area contributed by atoms with Crippen molar-refractivity contribution in [2.45, 2.75) is 45.6 Å². The molecule has 3 atom stereocenters. The number of fused-ring (bicyclic) bond motifs is 1. The largest absolute Gasteiger partial charge is 0.426 e. The van der Waals surface area contributed by atoms with Crippen molar-refractivity contribution >= 4 is 8.60 Å². The van der Waals surface area contributed by atoms with Crippen LogP contribution >= 0.6 is 8.60 Å². The Morgan fingerprint density at radius 3 is 2.96 bits per heavy atom. The molecule has 3 unspecified atom stereocenters. The van der Waals surface area contributed by atoms with Crippen LogP contribution in [0.25, 0.3) is 0 Å². The minimum atomic E-state index is -1.47. The van der Waals surface area contributed by atoms with Gasteiger partial charge >= 0.3 is 14.3 Å². The lowest BCUT2D eigenvalue weighted by Crippen LogP contribution is -2.33. The van der Waals surface area contributed by atoms with E-state index in [0.717, 1.165) is 23.3 Å². The summed E-state index contributed by atoms with van der Waals surface area (Å²) in [5, 5.41) is 0. The van der Waals surface area contributed by atoms with E-state index in [1.807, 2.05) is 25.1 Å². The second kappa shape index (κ2) is 7.56. The third-order valence-electron chi connectivity index (χ3n) is 4.69. The normalized spacial score (nSPS) is 24.4. The molecule has 2 aliphatic rings. The minimum absolute atomic E-state index is 0.165. The quantitative estimate of drug-likeness (QED) is 0.805. The highest BCUT2D eigenvalue weighted by Crippen LogP contribution is 2.48. The maximum absolute atomic E-state index is 12.0. The van der Waals surface area contributed by atoms with E-state index in [4.69, 9.17) is 18.3 Å². The number of benzene rings is 1. The number of rotatable bonds is 4. The zero-order chi connectivity index (χ0) is 19.0. The number of aryl methyl sites for hydroxylation is 2. The molecule has 0 radical (unpaired) electrons. The van der Waals surface area contributed by atoms with Crippen LogP contribution < -0.4 is 15.8 Å². The molecule has 0 aliphatic carbocycles. The fourth-order valence-electron chi connectivity index (χ4n) is 3.20. The first kappa shape index (κ1) is 18.4. The first-order chi connectivity index (χ1) is 13.0. The summed E-state index contributed by atoms with van der Waals surface area (Å²) in [6.45, 7) is 4.43. The summed E-state index contributed by atoms with van der Waals surface area (Å²) in [4.78, 5) is 25.8. The SMILES string of the molecule is Cc1cccc2c1OP(OCC1CCC(n3cc(C)c(=O)[nH]c3=O)O1)OC2. The van der Waals surface area contributed by atoms with Gasteiger partial charge in [0.15, 0.2) is 0 Å². The van der Waals surface area contributed by atoms with Gasteiger partial charge in [-0.2, -0.15) is 0 Å². The lowest BCUT2D eigenvalue weighted by molar-refractivity contribution is -0.0230. The van der Waals surface area contributed by atoms with Crippen molar-refractivity contribution in [3.05, 3.63) is 61.9 Å². The van der Waals surface area contributed by atoms with Gasteiger partial charge in [-0.15, -0.1) is 0 Å². The summed E-state index contributed by atoms with van der Waals surface area (Å²) < 4.78 is 24.6. The van der Waals surface area contributed by atoms with Crippen molar-refractivity contribution in [2.75, 3.05) is 6.61 Å². The van der Waals surface area contributed by atoms with Gasteiger partial charge in [-0.25, -0.2) is 4.79 Å². The monoisotopic (exact) mass is 392 g/mol. The van der Waals surface area contributed by atoms with Gasteiger partial charge in [0, 0.05) is 17.3 Å². The summed E-state index contributed by atoms with van der Waals surface area (Å²) in [7, 11) is -1.47. The van der Waals surface area contributed by atoms with Crippen LogP contribution in [-0.4, -0.2) is 22.3 Å². The molecule has 8 nitrogen and oxygen atoms in total. The van der Waals surface area contributed by atoms with E-state index in [1.54, 1.807) is 6.92 Å². The second-order valence-corrected chi connectivity index (χ2v) is 7.86. The molecule has 3 heterocycles. The number of aromatic amines is 1. The van der Waals surface area contributed by atoms with E-state index in [-0.39, 0.29) is 11.7 Å². The number of para-hydroxylation sites is 1. The fourth-order valence-corrected chi connectivity index (χ4v) is 4.33. The number of nitrogens with zero attached hydrogens (tertiary/aromatic N) is 1. The van der Waals surface area contributed by atoms with Gasteiger partial charge < -0.3 is 9.26 Å². The topological polar surface area (TPSA) is 91.8 Å². The molecule has 27 heavy (non-hydrogen) atoms. The molecule has 0 saturated carbocycles. The number of aromatic nitrogens is 2. The molecule has 1 fully saturated rings. The van der Waals surface area contributed by atoms with E-state index < -0.39 is 20.5 Å². The Bertz CT molecular complexity index is 956. The Balaban J connectivity index is 1.35. The first-order valence-corrected chi connectivity index (χ1v) is 9.91. The average Bonchev–Trinajstić information content (AvgIpc) is 3.12. The van der Waals surface area contributed by atoms with Crippen LogP contribution in [0.15, 0.2) is 34.0 Å². The summed E-state index contributed by atoms with van der Waals surface area (Å²) in [6, 6.07) is 5.94. The van der Waals surface area contributed by atoms with Crippen molar-refractivity contribution in [3.63, 3.8) is 0 Å². The Morgan fingerprint density at radius 2 is 2.11 bits per heavy atom. The molecule has 2 aromatic rings. The minimum Gasteiger partial charge on any atom is -0.426 e. The van der Waals surface area contributed by atoms with Gasteiger partial charge in [0.05, 0.1) is 19.3 Å². The maximum Gasteiger partial charge on any atom is 0.397 e. The molecule has 1 aromatic carbocycles. The third-order valence-corrected chi connectivity index (χ3v) is 5.72. The predicted molar refractivity (Wildman–Crippen MR) is 98.7 cm³/mol. The van der Waals surface area contributed by atoms with Gasteiger partial charge in [0.2, 0.25) is 0 Å². The summed E-state index contributed by atoms with van der Waals surface area (Å²) in [6.07, 6.45) is 2.37. The number of H-pyrrole nitrogens is 1. The predicted octanol–water partition coefficient (Wildman–Crippen LogP) is 2.68. The molecule has 0 amide bonds. The van der Waals surface area contributed by atoms with Crippen LogP contribution in [0.1, 0.15) is 35.8 Å². The number of hydrogen-bond donors (Lipinski definition) is 1. The Hall–Kier alpha value is -1.99. The lowest BCUT2D eigenvalue weighted by atomic mass is 10.1. The molecule has 1 aromatic heterocycles. The van der Waals surface area contributed by atoms with Gasteiger partial charge in [0.25, 0.3) is 5.56 Å². The van der Waals surface area contributed by atoms with Crippen molar-refractivity contribution in [1.82, 2.24) is 9.55 Å². The standard InChI is InChI=1S/C18H21N2O6P/c1-11-4-3-5-13-9-23-27(26-16(11)13)24-10-14-6-7-15(25-14)20-8-12(2)17(21)19-18(20)22/h3-5,8,14-15H,6-7,9-10H2,1-2H3,(H,19,21,22). The van der Waals surface area contributed by atoms with E-state index in [0.29, 0.717) is 25.2 Å². The molecule has 144 valence electrons. The Kier molecular flexibility index (Phi) is 5.14. The zero-order valence-electron chi connectivity index (χ0n) is 15.1. The van der Waals surface area contributed by atoms with Crippen molar-refractivity contribution in [3.8, 4) is 5.75 Å². The maximum atomic E-state index is 12.0. The average molecular weight is 392 g/mol. The third kappa shape index (κ3) is 3.84. The second-order valence-electron chi connectivity index (χ2n) is 6.72. The van der Waals surface area contributed by atoms with E-state index >= 15 is 0 Å². The zero-order valence-corrected chi connectivity index (χ0v) is 16.0. The van der Waals surface area contributed by atoms with Crippen LogP contribution in [0.2, 0.25) is 0 Å². The number of ether oxygens (including phenoxy) is 1. The van der Waals surface area contributed by atoms with E-state index in [1.165, 1.54) is 10.8 Å². The lowest BCUT2D eigenvalue weighted by Gasteiger charge is -2.26. The first-order valence-electron chi connectivity index (χ1n) is 8.81. The van der Waals surface area contributed by atoms with E-state index in [2.05, 4.69) is 4.98 Å². The molecule has 0 bridgehead atoms. The number of nitrogens with one attached hydrogen (secondary N) is 1. The van der Waals surface area contributed by atoms with Gasteiger partial charge in [-0.3, -0.25) is 23.4 Å². The highest BCUT2D eigenvalue weighted by molar-refractivity contribution is 7.42. The van der Waals surface area contributed by atoms with Crippen LogP contribution in [0.3, 0.4) is 0 Å². The molecule has 0 spiro atoms. The molecule has 4 rings (SSSR count). The summed E-state index contributed by atoms with van der Waals surface area (Å²) in [5.41, 5.74) is 1.70. The highest BCUT2D eigenvalue weighted by Gasteiger charge is 2.31. The Morgan fingerprint density at radius 1 is 1.26 bits per heavy atom. The van der Waals surface area contributed by atoms with E-state index in [9.17, 15) is 9.59 Å². The molecule has 9 heteroatoms. The fraction of sp³-hybridized carbons (Fsp3) is 0.444. The highest BCUT2D eigenvalue weighted by atomic mass is 31.2. The molecule has 2 aliphatic heterocycles. The summed E-state index contributed by atoms with van der Waals surface area (Å²) in [5.74, 6) is 0.829. The Labute approximate surface area is 157 Å². The molecule has 1 saturated heterocycles. The van der Waals surface area contributed by atoms with Crippen LogP contribution in [0, 0.1) is 13.8 Å². The number of hydrogen-bond acceptors (Lipinski definition) is 6. The van der Waals surface area contributed by atoms with Crippen molar-refractivity contribution < 1.29 is 18.3 Å². The van der Waals surface area contributed by atoms with Crippen LogP contribution in [0.4, 0.5) is 0 Å². The van der Waals surface area contributed by atoms with Crippen molar-refractivity contribution in [1.29, 1.82) is 0 Å². The molecular weight excluding hydrogens is 371 g/mol. The smallest absolute Gasteiger partial charge is 0.397 e. The molecular formula is C18H21N2O6P. The van der Waals surface area contributed by atoms with Crippen LogP contribution in [-0.2, 0) is 20.4 Å². The van der Waals surface area contributed by atoms with Gasteiger partial charge in [-0.05, 0) is 32.3 Å². The van der Waals surface area contributed by atoms with Crippen LogP contribution in [0.5, 0.6) is 5.75 Å².